The maximum Gasteiger partial charge on any atom is 0.0759 e. The number of hydrogen-bond donors (Lipinski definition) is 0. The van der Waals surface area contributed by atoms with E-state index in [0.29, 0.717) is 16.5 Å². The van der Waals surface area contributed by atoms with Gasteiger partial charge in [0.15, 0.2) is 0 Å². The monoisotopic (exact) mass is 273 g/mol. The third-order valence-corrected chi connectivity index (χ3v) is 3.80. The Hall–Kier alpha value is -1.49. The highest BCUT2D eigenvalue weighted by Crippen LogP contribution is 2.41. The predicted molar refractivity (Wildman–Crippen MR) is 74.0 cm³/mol. The smallest absolute Gasteiger partial charge is 0.0759 e. The first-order valence-electron chi connectivity index (χ1n) is 5.67. The summed E-state index contributed by atoms with van der Waals surface area (Å²) in [6.07, 6.45) is 0.709. The molecule has 0 heterocycles. The molecule has 0 N–H and O–H groups in total. The molecule has 1 unspecified atom stereocenters. The Labute approximate surface area is 116 Å². The molecule has 0 aromatic heterocycles. The lowest BCUT2D eigenvalue weighted by Crippen LogP contribution is -2.09. The van der Waals surface area contributed by atoms with Crippen molar-refractivity contribution in [2.24, 2.45) is 0 Å². The van der Waals surface area contributed by atoms with Crippen LogP contribution in [0.1, 0.15) is 17.0 Å². The van der Waals surface area contributed by atoms with E-state index in [0.717, 1.165) is 22.3 Å². The zero-order valence-electron chi connectivity index (χ0n) is 9.45. The first-order valence-corrected chi connectivity index (χ1v) is 6.42. The predicted octanol–water partition coefficient (Wildman–Crippen LogP) is 4.82. The van der Waals surface area contributed by atoms with Gasteiger partial charge in [-0.2, -0.15) is 5.26 Å². The normalized spacial score (nSPS) is 16.6. The van der Waals surface area contributed by atoms with Crippen LogP contribution in [0.4, 0.5) is 0 Å². The summed E-state index contributed by atoms with van der Waals surface area (Å²) in [6, 6.07) is 13.9. The van der Waals surface area contributed by atoms with Crippen molar-refractivity contribution in [3.05, 3.63) is 57.6 Å². The van der Waals surface area contributed by atoms with E-state index >= 15 is 0 Å². The van der Waals surface area contributed by atoms with Crippen LogP contribution in [-0.4, -0.2) is 0 Å². The van der Waals surface area contributed by atoms with Crippen LogP contribution in [-0.2, 0) is 6.42 Å². The molecule has 0 bridgehead atoms. The zero-order chi connectivity index (χ0) is 12.7. The Bertz CT molecular complexity index is 671. The average molecular weight is 274 g/mol. The molecular formula is C15H9Cl2N. The molecule has 2 aromatic carbocycles. The molecule has 1 aliphatic carbocycles. The van der Waals surface area contributed by atoms with Crippen LogP contribution in [0.3, 0.4) is 0 Å². The van der Waals surface area contributed by atoms with Gasteiger partial charge in [0, 0.05) is 10.0 Å². The molecule has 1 aliphatic rings. The van der Waals surface area contributed by atoms with Crippen molar-refractivity contribution in [3.8, 4) is 17.2 Å². The van der Waals surface area contributed by atoms with Gasteiger partial charge in [-0.15, -0.1) is 0 Å². The summed E-state index contributed by atoms with van der Waals surface area (Å²) in [7, 11) is 0. The van der Waals surface area contributed by atoms with Gasteiger partial charge in [0.25, 0.3) is 0 Å². The van der Waals surface area contributed by atoms with Crippen LogP contribution in [0.25, 0.3) is 11.1 Å². The molecule has 0 saturated carbocycles. The van der Waals surface area contributed by atoms with Gasteiger partial charge in [0.05, 0.1) is 12.0 Å². The Kier molecular flexibility index (Phi) is 2.78. The second-order valence-corrected chi connectivity index (χ2v) is 5.29. The fourth-order valence-corrected chi connectivity index (χ4v) is 2.87. The second-order valence-electron chi connectivity index (χ2n) is 4.42. The maximum absolute atomic E-state index is 9.29. The third-order valence-electron chi connectivity index (χ3n) is 3.33. The van der Waals surface area contributed by atoms with Crippen molar-refractivity contribution in [3.63, 3.8) is 0 Å². The molecule has 2 aromatic rings. The van der Waals surface area contributed by atoms with Crippen molar-refractivity contribution in [2.45, 2.75) is 12.3 Å². The quantitative estimate of drug-likeness (QED) is 0.675. The molecule has 0 amide bonds. The first kappa shape index (κ1) is 11.6. The molecule has 0 aliphatic heterocycles. The second kappa shape index (κ2) is 4.31. The molecule has 1 nitrogen and oxygen atoms in total. The number of nitrogens with zero attached hydrogens (tertiary/aromatic N) is 1. The number of halogens is 2. The summed E-state index contributed by atoms with van der Waals surface area (Å²) in [5.41, 5.74) is 4.34. The van der Waals surface area contributed by atoms with E-state index in [2.05, 4.69) is 6.07 Å². The molecule has 88 valence electrons. The molecule has 0 spiro atoms. The molecule has 0 saturated heterocycles. The van der Waals surface area contributed by atoms with Crippen LogP contribution in [0.5, 0.6) is 0 Å². The number of benzene rings is 2. The summed E-state index contributed by atoms with van der Waals surface area (Å²) in [4.78, 5) is 0. The average Bonchev–Trinajstić information content (AvgIpc) is 2.37. The van der Waals surface area contributed by atoms with Gasteiger partial charge < -0.3 is 0 Å². The molecule has 3 heteroatoms. The molecule has 3 rings (SSSR count). The Morgan fingerprint density at radius 3 is 2.50 bits per heavy atom. The van der Waals surface area contributed by atoms with Gasteiger partial charge in [0.2, 0.25) is 0 Å². The van der Waals surface area contributed by atoms with E-state index in [-0.39, 0.29) is 5.92 Å². The first-order chi connectivity index (χ1) is 8.69. The molecule has 0 radical (unpaired) electrons. The van der Waals surface area contributed by atoms with Gasteiger partial charge in [0.1, 0.15) is 0 Å². The minimum Gasteiger partial charge on any atom is -0.198 e. The largest absolute Gasteiger partial charge is 0.198 e. The van der Waals surface area contributed by atoms with E-state index in [9.17, 15) is 5.26 Å². The number of hydrogen-bond acceptors (Lipinski definition) is 1. The Morgan fingerprint density at radius 1 is 1.00 bits per heavy atom. The fraction of sp³-hybridized carbons (Fsp3) is 0.133. The minimum absolute atomic E-state index is 0.122. The van der Waals surface area contributed by atoms with Crippen molar-refractivity contribution in [1.82, 2.24) is 0 Å². The Morgan fingerprint density at radius 2 is 1.72 bits per heavy atom. The number of rotatable bonds is 0. The summed E-state index contributed by atoms with van der Waals surface area (Å²) < 4.78 is 0. The maximum atomic E-state index is 9.29. The topological polar surface area (TPSA) is 23.8 Å². The Balaban J connectivity index is 2.29. The van der Waals surface area contributed by atoms with Crippen molar-refractivity contribution < 1.29 is 0 Å². The van der Waals surface area contributed by atoms with Crippen LogP contribution in [0.15, 0.2) is 36.4 Å². The van der Waals surface area contributed by atoms with Crippen LogP contribution in [0.2, 0.25) is 10.0 Å². The van der Waals surface area contributed by atoms with E-state index in [1.54, 1.807) is 0 Å². The summed E-state index contributed by atoms with van der Waals surface area (Å²) in [6.45, 7) is 0. The van der Waals surface area contributed by atoms with Crippen molar-refractivity contribution in [1.29, 1.82) is 5.26 Å². The fourth-order valence-electron chi connectivity index (χ4n) is 2.50. The minimum atomic E-state index is -0.122. The van der Waals surface area contributed by atoms with Gasteiger partial charge in [-0.3, -0.25) is 0 Å². The van der Waals surface area contributed by atoms with Crippen molar-refractivity contribution >= 4 is 23.2 Å². The summed E-state index contributed by atoms with van der Waals surface area (Å²) in [5, 5.41) is 10.7. The lowest BCUT2D eigenvalue weighted by Gasteiger charge is -2.24. The summed E-state index contributed by atoms with van der Waals surface area (Å²) in [5.74, 6) is -0.122. The van der Waals surface area contributed by atoms with E-state index in [1.807, 2.05) is 36.4 Å². The zero-order valence-corrected chi connectivity index (χ0v) is 11.0. The molecule has 1 atom stereocenters. The van der Waals surface area contributed by atoms with E-state index in [4.69, 9.17) is 23.2 Å². The van der Waals surface area contributed by atoms with Gasteiger partial charge in [-0.05, 0) is 52.9 Å². The number of fused-ring (bicyclic) bond motifs is 3. The van der Waals surface area contributed by atoms with E-state index in [1.165, 1.54) is 0 Å². The van der Waals surface area contributed by atoms with Gasteiger partial charge in [-0.1, -0.05) is 35.3 Å². The number of nitriles is 1. The highest BCUT2D eigenvalue weighted by Gasteiger charge is 2.24. The molecule has 0 fully saturated rings. The highest BCUT2D eigenvalue weighted by molar-refractivity contribution is 6.31. The lowest BCUT2D eigenvalue weighted by molar-refractivity contribution is 0.836. The SMILES string of the molecule is N#CC1Cc2cc(Cl)ccc2-c2cc(Cl)ccc21. The van der Waals surface area contributed by atoms with Crippen LogP contribution < -0.4 is 0 Å². The molecule has 18 heavy (non-hydrogen) atoms. The van der Waals surface area contributed by atoms with Crippen LogP contribution >= 0.6 is 23.2 Å². The lowest BCUT2D eigenvalue weighted by atomic mass is 9.79. The molecular weight excluding hydrogens is 265 g/mol. The van der Waals surface area contributed by atoms with Crippen LogP contribution in [0, 0.1) is 11.3 Å². The van der Waals surface area contributed by atoms with Gasteiger partial charge in [-0.25, -0.2) is 0 Å². The summed E-state index contributed by atoms with van der Waals surface area (Å²) >= 11 is 12.1. The third kappa shape index (κ3) is 1.79. The van der Waals surface area contributed by atoms with Gasteiger partial charge >= 0.3 is 0 Å². The highest BCUT2D eigenvalue weighted by atomic mass is 35.5. The standard InChI is InChI=1S/C15H9Cl2N/c16-11-1-3-13-9(6-11)5-10(8-18)14-4-2-12(17)7-15(13)14/h1-4,6-7,10H,5H2. The van der Waals surface area contributed by atoms with Crippen molar-refractivity contribution in [2.75, 3.05) is 0 Å². The van der Waals surface area contributed by atoms with E-state index < -0.39 is 0 Å².